The third-order valence-corrected chi connectivity index (χ3v) is 4.03. The van der Waals surface area contributed by atoms with Gasteiger partial charge in [0.25, 0.3) is 0 Å². The number of aryl methyl sites for hydroxylation is 2. The summed E-state index contributed by atoms with van der Waals surface area (Å²) in [6, 6.07) is 7.61. The first-order valence-electron chi connectivity index (χ1n) is 8.71. The highest BCUT2D eigenvalue weighted by molar-refractivity contribution is 14.0. The van der Waals surface area contributed by atoms with E-state index in [1.165, 1.54) is 0 Å². The number of para-hydroxylation sites is 2. The zero-order chi connectivity index (χ0) is 18.9. The summed E-state index contributed by atoms with van der Waals surface area (Å²) < 4.78 is 16.4. The van der Waals surface area contributed by atoms with Crippen molar-refractivity contribution >= 4 is 29.9 Å². The smallest absolute Gasteiger partial charge is 0.191 e. The maximum atomic E-state index is 5.94. The molecule has 0 aliphatic carbocycles. The highest BCUT2D eigenvalue weighted by Gasteiger charge is 2.11. The zero-order valence-electron chi connectivity index (χ0n) is 16.5. The van der Waals surface area contributed by atoms with Crippen molar-refractivity contribution in [2.45, 2.75) is 33.3 Å². The van der Waals surface area contributed by atoms with Gasteiger partial charge in [-0.1, -0.05) is 17.3 Å². The number of hydrogen-bond acceptors (Lipinski definition) is 5. The highest BCUT2D eigenvalue weighted by Crippen LogP contribution is 2.26. The Kier molecular flexibility index (Phi) is 9.98. The molecule has 0 radical (unpaired) electrons. The molecule has 150 valence electrons. The molecule has 7 nitrogen and oxygen atoms in total. The van der Waals surface area contributed by atoms with Crippen molar-refractivity contribution in [2.75, 3.05) is 27.2 Å². The van der Waals surface area contributed by atoms with Gasteiger partial charge in [-0.05, 0) is 39.3 Å². The lowest BCUT2D eigenvalue weighted by molar-refractivity contribution is 0.213. The Bertz CT molecular complexity index is 714. The lowest BCUT2D eigenvalue weighted by atomic mass is 10.1. The van der Waals surface area contributed by atoms with E-state index in [1.807, 2.05) is 45.0 Å². The first kappa shape index (κ1) is 23.1. The normalized spacial score (nSPS) is 12.1. The monoisotopic (exact) mass is 488 g/mol. The zero-order valence-corrected chi connectivity index (χ0v) is 18.9. The van der Waals surface area contributed by atoms with Gasteiger partial charge in [-0.25, -0.2) is 0 Å². The molecule has 1 atom stereocenters. The van der Waals surface area contributed by atoms with Gasteiger partial charge in [0, 0.05) is 19.2 Å². The van der Waals surface area contributed by atoms with Gasteiger partial charge in [0.15, 0.2) is 17.5 Å². The predicted molar refractivity (Wildman–Crippen MR) is 118 cm³/mol. The van der Waals surface area contributed by atoms with Crippen molar-refractivity contribution in [3.05, 3.63) is 41.3 Å². The predicted octanol–water partition coefficient (Wildman–Crippen LogP) is 3.09. The second kappa shape index (κ2) is 11.7. The highest BCUT2D eigenvalue weighted by atomic mass is 127. The first-order chi connectivity index (χ1) is 12.5. The SMILES string of the molecule is CN=C(NCCc1c(C)noc1C)NCC(C)Oc1ccccc1OC.I. The molecule has 0 aliphatic rings. The van der Waals surface area contributed by atoms with E-state index in [-0.39, 0.29) is 30.1 Å². The number of ether oxygens (including phenoxy) is 2. The van der Waals surface area contributed by atoms with Gasteiger partial charge in [0.05, 0.1) is 19.3 Å². The second-order valence-corrected chi connectivity index (χ2v) is 6.01. The van der Waals surface area contributed by atoms with Crippen LogP contribution in [0, 0.1) is 13.8 Å². The van der Waals surface area contributed by atoms with Gasteiger partial charge in [0.2, 0.25) is 0 Å². The van der Waals surface area contributed by atoms with Crippen LogP contribution < -0.4 is 20.1 Å². The number of nitrogens with one attached hydrogen (secondary N) is 2. The lowest BCUT2D eigenvalue weighted by Crippen LogP contribution is -2.42. The minimum atomic E-state index is -0.0487. The second-order valence-electron chi connectivity index (χ2n) is 6.01. The molecule has 2 aromatic rings. The van der Waals surface area contributed by atoms with Gasteiger partial charge in [0.1, 0.15) is 11.9 Å². The summed E-state index contributed by atoms with van der Waals surface area (Å²) in [5, 5.41) is 10.5. The Labute approximate surface area is 177 Å². The van der Waals surface area contributed by atoms with Crippen molar-refractivity contribution in [3.8, 4) is 11.5 Å². The molecule has 0 saturated carbocycles. The van der Waals surface area contributed by atoms with Gasteiger partial charge < -0.3 is 24.6 Å². The number of benzene rings is 1. The fourth-order valence-corrected chi connectivity index (χ4v) is 2.60. The molecule has 0 amide bonds. The molecule has 1 heterocycles. The van der Waals surface area contributed by atoms with Crippen LogP contribution in [-0.4, -0.2) is 44.5 Å². The van der Waals surface area contributed by atoms with E-state index in [0.29, 0.717) is 6.54 Å². The number of methoxy groups -OCH3 is 1. The lowest BCUT2D eigenvalue weighted by Gasteiger charge is -2.19. The average molecular weight is 488 g/mol. The summed E-state index contributed by atoms with van der Waals surface area (Å²) in [5.41, 5.74) is 2.08. The van der Waals surface area contributed by atoms with E-state index >= 15 is 0 Å². The molecule has 0 saturated heterocycles. The number of nitrogens with zero attached hydrogens (tertiary/aromatic N) is 2. The quantitative estimate of drug-likeness (QED) is 0.338. The summed E-state index contributed by atoms with van der Waals surface area (Å²) in [6.07, 6.45) is 0.780. The van der Waals surface area contributed by atoms with Gasteiger partial charge >= 0.3 is 0 Å². The Morgan fingerprint density at radius 3 is 2.52 bits per heavy atom. The molecule has 2 rings (SSSR count). The molecule has 0 bridgehead atoms. The number of rotatable bonds is 8. The fraction of sp³-hybridized carbons (Fsp3) is 0.474. The summed E-state index contributed by atoms with van der Waals surface area (Å²) in [6.45, 7) is 7.24. The van der Waals surface area contributed by atoms with E-state index in [1.54, 1.807) is 14.2 Å². The third kappa shape index (κ3) is 6.93. The summed E-state index contributed by atoms with van der Waals surface area (Å²) in [7, 11) is 3.38. The minimum absolute atomic E-state index is 0. The standard InChI is InChI=1S/C19H28N4O3.HI/c1-13(25-18-9-7-6-8-17(18)24-5)12-22-19(20-4)21-11-10-16-14(2)23-26-15(16)3;/h6-9,13H,10-12H2,1-5H3,(H2,20,21,22);1H. The number of aromatic nitrogens is 1. The van der Waals surface area contributed by atoms with E-state index in [2.05, 4.69) is 20.8 Å². The van der Waals surface area contributed by atoms with Crippen LogP contribution in [0.25, 0.3) is 0 Å². The first-order valence-corrected chi connectivity index (χ1v) is 8.71. The van der Waals surface area contributed by atoms with E-state index < -0.39 is 0 Å². The van der Waals surface area contributed by atoms with Gasteiger partial charge in [-0.15, -0.1) is 24.0 Å². The van der Waals surface area contributed by atoms with Crippen LogP contribution in [-0.2, 0) is 6.42 Å². The van der Waals surface area contributed by atoms with Crippen LogP contribution >= 0.6 is 24.0 Å². The third-order valence-electron chi connectivity index (χ3n) is 4.03. The van der Waals surface area contributed by atoms with E-state index in [0.717, 1.165) is 47.4 Å². The molecule has 0 aliphatic heterocycles. The molecule has 0 fully saturated rings. The molecule has 8 heteroatoms. The van der Waals surface area contributed by atoms with Crippen LogP contribution in [0.4, 0.5) is 0 Å². The Hall–Kier alpha value is -1.97. The Morgan fingerprint density at radius 2 is 1.93 bits per heavy atom. The average Bonchev–Trinajstić information content (AvgIpc) is 2.96. The van der Waals surface area contributed by atoms with Crippen LogP contribution in [0.5, 0.6) is 11.5 Å². The minimum Gasteiger partial charge on any atom is -0.493 e. The van der Waals surface area contributed by atoms with Crippen LogP contribution in [0.15, 0.2) is 33.8 Å². The van der Waals surface area contributed by atoms with Crippen LogP contribution in [0.3, 0.4) is 0 Å². The van der Waals surface area contributed by atoms with E-state index in [9.17, 15) is 0 Å². The van der Waals surface area contributed by atoms with Gasteiger partial charge in [-0.2, -0.15) is 0 Å². The number of guanidine groups is 1. The Morgan fingerprint density at radius 1 is 1.22 bits per heavy atom. The van der Waals surface area contributed by atoms with Crippen molar-refractivity contribution in [2.24, 2.45) is 4.99 Å². The largest absolute Gasteiger partial charge is 0.493 e. The topological polar surface area (TPSA) is 80.9 Å². The van der Waals surface area contributed by atoms with Crippen molar-refractivity contribution in [1.29, 1.82) is 0 Å². The van der Waals surface area contributed by atoms with Gasteiger partial charge in [-0.3, -0.25) is 4.99 Å². The van der Waals surface area contributed by atoms with Crippen molar-refractivity contribution < 1.29 is 14.0 Å². The molecule has 1 aromatic heterocycles. The molecular formula is C19H29IN4O3. The number of aliphatic imine (C=N–C) groups is 1. The maximum Gasteiger partial charge on any atom is 0.191 e. The van der Waals surface area contributed by atoms with Crippen LogP contribution in [0.1, 0.15) is 23.9 Å². The summed E-state index contributed by atoms with van der Waals surface area (Å²) in [4.78, 5) is 4.24. The molecule has 1 aromatic carbocycles. The van der Waals surface area contributed by atoms with E-state index in [4.69, 9.17) is 14.0 Å². The van der Waals surface area contributed by atoms with Crippen molar-refractivity contribution in [1.82, 2.24) is 15.8 Å². The molecule has 0 spiro atoms. The maximum absolute atomic E-state index is 5.94. The molecule has 1 unspecified atom stereocenters. The van der Waals surface area contributed by atoms with Crippen molar-refractivity contribution in [3.63, 3.8) is 0 Å². The number of hydrogen-bond donors (Lipinski definition) is 2. The molecular weight excluding hydrogens is 459 g/mol. The Balaban J connectivity index is 0.00000364. The molecule has 2 N–H and O–H groups in total. The summed E-state index contributed by atoms with van der Waals surface area (Å²) >= 11 is 0. The summed E-state index contributed by atoms with van der Waals surface area (Å²) in [5.74, 6) is 3.05. The fourth-order valence-electron chi connectivity index (χ4n) is 2.60. The number of halogens is 1. The van der Waals surface area contributed by atoms with Crippen LogP contribution in [0.2, 0.25) is 0 Å². The molecule has 27 heavy (non-hydrogen) atoms.